The van der Waals surface area contributed by atoms with Gasteiger partial charge in [-0.25, -0.2) is 4.98 Å². The molecular weight excluding hydrogens is 264 g/mol. The van der Waals surface area contributed by atoms with E-state index in [1.165, 1.54) is 11.3 Å². The van der Waals surface area contributed by atoms with Gasteiger partial charge in [-0.05, 0) is 49.1 Å². The summed E-state index contributed by atoms with van der Waals surface area (Å²) in [7, 11) is 0. The number of rotatable bonds is 2. The standard InChI is InChI=1S/C16H24N4O/c1-16(2)6-8-20(9-7-16)15-12(14(17)19-21)10-11-4-3-5-13(11)18-15/h10,21H,3-9H2,1-2H3,(H2,17,19). The van der Waals surface area contributed by atoms with Crippen LogP contribution in [-0.2, 0) is 12.8 Å². The quantitative estimate of drug-likeness (QED) is 0.379. The predicted molar refractivity (Wildman–Crippen MR) is 84.0 cm³/mol. The van der Waals surface area contributed by atoms with Crippen LogP contribution in [0.15, 0.2) is 11.2 Å². The molecular formula is C16H24N4O. The second-order valence-corrected chi connectivity index (χ2v) is 6.96. The lowest BCUT2D eigenvalue weighted by molar-refractivity contribution is 0.279. The molecule has 5 heteroatoms. The van der Waals surface area contributed by atoms with E-state index in [1.54, 1.807) is 0 Å². The van der Waals surface area contributed by atoms with Crippen molar-refractivity contribution in [3.05, 3.63) is 22.9 Å². The molecule has 0 unspecified atom stereocenters. The summed E-state index contributed by atoms with van der Waals surface area (Å²) in [5.41, 5.74) is 9.48. The number of hydrogen-bond donors (Lipinski definition) is 2. The maximum absolute atomic E-state index is 9.06. The molecule has 1 aromatic rings. The first-order chi connectivity index (χ1) is 10.00. The van der Waals surface area contributed by atoms with Crippen molar-refractivity contribution in [2.75, 3.05) is 18.0 Å². The first-order valence-corrected chi connectivity index (χ1v) is 7.76. The molecule has 0 radical (unpaired) electrons. The molecule has 1 aliphatic heterocycles. The Morgan fingerprint density at radius 2 is 2.05 bits per heavy atom. The van der Waals surface area contributed by atoms with Crippen molar-refractivity contribution in [2.24, 2.45) is 16.3 Å². The summed E-state index contributed by atoms with van der Waals surface area (Å²) in [4.78, 5) is 7.14. The van der Waals surface area contributed by atoms with Gasteiger partial charge in [0.05, 0.1) is 5.56 Å². The summed E-state index contributed by atoms with van der Waals surface area (Å²) in [5, 5.41) is 12.3. The summed E-state index contributed by atoms with van der Waals surface area (Å²) in [6.07, 6.45) is 5.51. The molecule has 1 aromatic heterocycles. The monoisotopic (exact) mass is 288 g/mol. The number of hydrogen-bond acceptors (Lipinski definition) is 4. The normalized spacial score (nSPS) is 21.4. The number of fused-ring (bicyclic) bond motifs is 1. The van der Waals surface area contributed by atoms with Crippen LogP contribution in [0, 0.1) is 5.41 Å². The number of piperidine rings is 1. The van der Waals surface area contributed by atoms with Crippen molar-refractivity contribution < 1.29 is 5.21 Å². The lowest BCUT2D eigenvalue weighted by atomic mass is 9.82. The Labute approximate surface area is 125 Å². The Morgan fingerprint density at radius 1 is 1.33 bits per heavy atom. The Balaban J connectivity index is 1.97. The van der Waals surface area contributed by atoms with Crippen molar-refractivity contribution in [2.45, 2.75) is 46.0 Å². The van der Waals surface area contributed by atoms with Gasteiger partial charge in [-0.2, -0.15) is 0 Å². The van der Waals surface area contributed by atoms with Crippen LogP contribution in [0.3, 0.4) is 0 Å². The Hall–Kier alpha value is -1.78. The van der Waals surface area contributed by atoms with E-state index in [9.17, 15) is 0 Å². The Morgan fingerprint density at radius 3 is 2.71 bits per heavy atom. The topological polar surface area (TPSA) is 74.7 Å². The van der Waals surface area contributed by atoms with E-state index >= 15 is 0 Å². The zero-order valence-electron chi connectivity index (χ0n) is 12.9. The molecule has 0 bridgehead atoms. The van der Waals surface area contributed by atoms with Gasteiger partial charge in [0.25, 0.3) is 0 Å². The Bertz CT molecular complexity index is 570. The predicted octanol–water partition coefficient (Wildman–Crippen LogP) is 2.29. The molecule has 0 spiro atoms. The molecule has 1 saturated heterocycles. The highest BCUT2D eigenvalue weighted by molar-refractivity contribution is 6.01. The smallest absolute Gasteiger partial charge is 0.173 e. The van der Waals surface area contributed by atoms with Crippen molar-refractivity contribution in [3.8, 4) is 0 Å². The van der Waals surface area contributed by atoms with Gasteiger partial charge in [-0.15, -0.1) is 0 Å². The molecule has 1 aliphatic carbocycles. The van der Waals surface area contributed by atoms with Crippen LogP contribution >= 0.6 is 0 Å². The largest absolute Gasteiger partial charge is 0.409 e. The van der Waals surface area contributed by atoms with Crippen LogP contribution in [0.1, 0.15) is 49.9 Å². The minimum atomic E-state index is 0.164. The maximum Gasteiger partial charge on any atom is 0.173 e. The van der Waals surface area contributed by atoms with E-state index in [1.807, 2.05) is 0 Å². The lowest BCUT2D eigenvalue weighted by Gasteiger charge is -2.38. The van der Waals surface area contributed by atoms with Crippen molar-refractivity contribution in [1.29, 1.82) is 0 Å². The molecule has 3 N–H and O–H groups in total. The summed E-state index contributed by atoms with van der Waals surface area (Å²) in [6, 6.07) is 2.07. The van der Waals surface area contributed by atoms with E-state index in [-0.39, 0.29) is 5.84 Å². The highest BCUT2D eigenvalue weighted by Crippen LogP contribution is 2.34. The maximum atomic E-state index is 9.06. The third-order valence-corrected chi connectivity index (χ3v) is 4.83. The van der Waals surface area contributed by atoms with Gasteiger partial charge in [-0.1, -0.05) is 19.0 Å². The second-order valence-electron chi connectivity index (χ2n) is 6.96. The number of oxime groups is 1. The summed E-state index contributed by atoms with van der Waals surface area (Å²) >= 11 is 0. The van der Waals surface area contributed by atoms with E-state index in [4.69, 9.17) is 15.9 Å². The minimum absolute atomic E-state index is 0.164. The van der Waals surface area contributed by atoms with Gasteiger partial charge in [0.2, 0.25) is 0 Å². The van der Waals surface area contributed by atoms with Crippen molar-refractivity contribution >= 4 is 11.7 Å². The number of nitrogens with zero attached hydrogens (tertiary/aromatic N) is 3. The SMILES string of the molecule is CC1(C)CCN(c2nc3c(cc2C(N)=NO)CCC3)CC1. The zero-order chi connectivity index (χ0) is 15.0. The molecule has 0 atom stereocenters. The fraction of sp³-hybridized carbons (Fsp3) is 0.625. The molecule has 0 saturated carbocycles. The molecule has 2 aliphatic rings. The molecule has 0 aromatic carbocycles. The van der Waals surface area contributed by atoms with E-state index < -0.39 is 0 Å². The number of pyridine rings is 1. The average Bonchev–Trinajstić information content (AvgIpc) is 2.92. The second kappa shape index (κ2) is 5.20. The summed E-state index contributed by atoms with van der Waals surface area (Å²) < 4.78 is 0. The minimum Gasteiger partial charge on any atom is -0.409 e. The van der Waals surface area contributed by atoms with Crippen LogP contribution in [0.5, 0.6) is 0 Å². The third kappa shape index (κ3) is 2.69. The molecule has 114 valence electrons. The van der Waals surface area contributed by atoms with Gasteiger partial charge in [0, 0.05) is 18.8 Å². The lowest BCUT2D eigenvalue weighted by Crippen LogP contribution is -2.39. The number of aromatic nitrogens is 1. The number of aryl methyl sites for hydroxylation is 2. The van der Waals surface area contributed by atoms with Crippen LogP contribution in [-0.4, -0.2) is 29.1 Å². The van der Waals surface area contributed by atoms with Gasteiger partial charge in [0.15, 0.2) is 5.84 Å². The molecule has 1 fully saturated rings. The average molecular weight is 288 g/mol. The van der Waals surface area contributed by atoms with Crippen LogP contribution < -0.4 is 10.6 Å². The van der Waals surface area contributed by atoms with Crippen LogP contribution in [0.2, 0.25) is 0 Å². The fourth-order valence-electron chi connectivity index (χ4n) is 3.27. The van der Waals surface area contributed by atoms with Gasteiger partial charge >= 0.3 is 0 Å². The van der Waals surface area contributed by atoms with E-state index in [0.717, 1.165) is 56.6 Å². The first kappa shape index (κ1) is 14.2. The summed E-state index contributed by atoms with van der Waals surface area (Å²) in [6.45, 7) is 6.57. The van der Waals surface area contributed by atoms with Gasteiger partial charge in [-0.3, -0.25) is 0 Å². The van der Waals surface area contributed by atoms with E-state index in [2.05, 4.69) is 30.0 Å². The van der Waals surface area contributed by atoms with Gasteiger partial charge in [0.1, 0.15) is 5.82 Å². The van der Waals surface area contributed by atoms with E-state index in [0.29, 0.717) is 5.41 Å². The molecule has 2 heterocycles. The number of amidine groups is 1. The Kier molecular flexibility index (Phi) is 3.51. The molecule has 5 nitrogen and oxygen atoms in total. The fourth-order valence-corrected chi connectivity index (χ4v) is 3.27. The third-order valence-electron chi connectivity index (χ3n) is 4.83. The number of anilines is 1. The van der Waals surface area contributed by atoms with Crippen LogP contribution in [0.25, 0.3) is 0 Å². The van der Waals surface area contributed by atoms with Crippen molar-refractivity contribution in [1.82, 2.24) is 4.98 Å². The first-order valence-electron chi connectivity index (χ1n) is 7.76. The highest BCUT2D eigenvalue weighted by atomic mass is 16.4. The summed E-state index contributed by atoms with van der Waals surface area (Å²) in [5.74, 6) is 1.05. The number of nitrogens with two attached hydrogens (primary N) is 1. The van der Waals surface area contributed by atoms with Crippen molar-refractivity contribution in [3.63, 3.8) is 0 Å². The van der Waals surface area contributed by atoms with Gasteiger partial charge < -0.3 is 15.8 Å². The van der Waals surface area contributed by atoms with Crippen LogP contribution in [0.4, 0.5) is 5.82 Å². The highest BCUT2D eigenvalue weighted by Gasteiger charge is 2.29. The molecule has 21 heavy (non-hydrogen) atoms. The molecule has 0 amide bonds. The zero-order valence-corrected chi connectivity index (χ0v) is 12.9. The molecule has 3 rings (SSSR count).